The number of amides is 2. The molecule has 0 radical (unpaired) electrons. The van der Waals surface area contributed by atoms with Gasteiger partial charge in [-0.1, -0.05) is 36.4 Å². The van der Waals surface area contributed by atoms with Gasteiger partial charge in [-0.2, -0.15) is 0 Å². The smallest absolute Gasteiger partial charge is 0.410 e. The van der Waals surface area contributed by atoms with E-state index in [-0.39, 0.29) is 34.6 Å². The zero-order valence-electron chi connectivity index (χ0n) is 38.0. The van der Waals surface area contributed by atoms with Crippen LogP contribution in [0, 0.1) is 6.92 Å². The number of aliphatic hydroxyl groups is 5. The Balaban J connectivity index is 1.22. The lowest BCUT2D eigenvalue weighted by Crippen LogP contribution is -2.66. The Kier molecular flexibility index (Phi) is 13.6. The largest absolute Gasteiger partial charge is 0.507 e. The van der Waals surface area contributed by atoms with Crippen molar-refractivity contribution in [1.29, 1.82) is 0 Å². The summed E-state index contributed by atoms with van der Waals surface area (Å²) in [4.78, 5) is 68.5. The van der Waals surface area contributed by atoms with Crippen LogP contribution in [-0.4, -0.2) is 162 Å². The van der Waals surface area contributed by atoms with E-state index in [1.165, 1.54) is 47.1 Å². The van der Waals surface area contributed by atoms with E-state index in [2.05, 4.69) is 5.32 Å². The Hall–Kier alpha value is -6.73. The van der Waals surface area contributed by atoms with Crippen LogP contribution in [0.1, 0.15) is 90.5 Å². The quantitative estimate of drug-likeness (QED) is 0.0895. The van der Waals surface area contributed by atoms with Crippen molar-refractivity contribution in [2.24, 2.45) is 0 Å². The van der Waals surface area contributed by atoms with Gasteiger partial charge in [0.15, 0.2) is 24.1 Å². The molecular formula is C48H50N2O20. The Labute approximate surface area is 397 Å². The number of nitrogens with one attached hydrogen (secondary N) is 1. The van der Waals surface area contributed by atoms with Crippen molar-refractivity contribution in [3.05, 3.63) is 105 Å². The molecule has 0 saturated carbocycles. The van der Waals surface area contributed by atoms with Gasteiger partial charge in [0, 0.05) is 35.4 Å². The van der Waals surface area contributed by atoms with Gasteiger partial charge in [-0.25, -0.2) is 4.79 Å². The standard InChI is InChI=1S/C48H50N2O20/c1-17-11-25-31(38(57)28(17)44(61)49-18(2)45(62)63)30-23(14-24-32(39(30)58)35(54)22-12-21(65-5)13-26(51)29(22)34(24)53)36(55)42(25)69-47-41(60)43(70-46-40(59)37(56)27(52)16-66-46)33(19(3)68-47)50(4)48(64)67-15-20-9-7-6-8-10-20/h6-14,18-19,27,33,36-37,40-43,46-47,51-52,55-60H,15-16H2,1-5H3,(H,49,61)(H,62,63)/t18-,19-,27+,33+,36+,37-,40+,41-,42+,43+,46-,47+/m1/s1. The average Bonchev–Trinajstić information content (AvgIpc) is 3.32. The number of phenolic OH excluding ortho intramolecular Hbond substituents is 3. The molecule has 2 heterocycles. The molecule has 0 unspecified atom stereocenters. The number of carbonyl (C=O) groups is 5. The SMILES string of the molecule is COc1cc(O)c2c(c1)C(=O)c1c(cc3c(c1O)-c1c(cc(C)c(C(=O)N[C@H](C)C(=O)O)c1O)[C@H](O[C@@H]1O[C@H](C)[C@H](N(C)C(=O)OCc4ccccc4)[C@H](O[C@H]4OC[C@H](O)[C@@H](O)[C@@H]4O)[C@H]1O)[C@H]3O)C2=O. The van der Waals surface area contributed by atoms with Crippen molar-refractivity contribution in [2.45, 2.75) is 101 Å². The first-order valence-electron chi connectivity index (χ1n) is 21.9. The summed E-state index contributed by atoms with van der Waals surface area (Å²) in [6.07, 6.45) is -18.3. The fraction of sp³-hybridized carbons (Fsp3) is 0.396. The number of hydrogen-bond donors (Lipinski definition) is 10. The third kappa shape index (κ3) is 8.56. The summed E-state index contributed by atoms with van der Waals surface area (Å²) in [6, 6.07) is 10.5. The maximum atomic E-state index is 14.2. The average molecular weight is 975 g/mol. The zero-order valence-corrected chi connectivity index (χ0v) is 38.0. The van der Waals surface area contributed by atoms with Gasteiger partial charge in [-0.3, -0.25) is 19.2 Å². The van der Waals surface area contributed by atoms with Crippen molar-refractivity contribution in [1.82, 2.24) is 10.2 Å². The Bertz CT molecular complexity index is 2770. The summed E-state index contributed by atoms with van der Waals surface area (Å²) in [5.74, 6) is -6.91. The van der Waals surface area contributed by atoms with Gasteiger partial charge >= 0.3 is 12.1 Å². The molecule has 0 aromatic heterocycles. The first-order valence-corrected chi connectivity index (χ1v) is 21.9. The Morgan fingerprint density at radius 1 is 0.829 bits per heavy atom. The number of carboxylic acid groups (broad SMARTS) is 1. The van der Waals surface area contributed by atoms with Gasteiger partial charge in [0.25, 0.3) is 5.91 Å². The van der Waals surface area contributed by atoms with Gasteiger partial charge in [-0.15, -0.1) is 0 Å². The minimum Gasteiger partial charge on any atom is -0.507 e. The van der Waals surface area contributed by atoms with Crippen LogP contribution in [0.4, 0.5) is 4.79 Å². The maximum Gasteiger partial charge on any atom is 0.410 e. The summed E-state index contributed by atoms with van der Waals surface area (Å²) in [6.45, 7) is 3.33. The second-order valence-corrected chi connectivity index (χ2v) is 17.4. The molecule has 2 aliphatic carbocycles. The highest BCUT2D eigenvalue weighted by Crippen LogP contribution is 2.57. The normalized spacial score (nSPS) is 27.3. The van der Waals surface area contributed by atoms with Crippen molar-refractivity contribution >= 4 is 29.5 Å². The van der Waals surface area contributed by atoms with Gasteiger partial charge in [0.05, 0.1) is 42.6 Å². The number of aliphatic hydroxyl groups excluding tert-OH is 5. The topological polar surface area (TPSA) is 338 Å². The molecule has 22 heteroatoms. The van der Waals surface area contributed by atoms with Gasteiger partial charge in [0.2, 0.25) is 0 Å². The summed E-state index contributed by atoms with van der Waals surface area (Å²) in [5, 5.41) is 103. The van der Waals surface area contributed by atoms with Crippen LogP contribution in [0.5, 0.6) is 23.0 Å². The molecule has 70 heavy (non-hydrogen) atoms. The molecule has 22 nitrogen and oxygen atoms in total. The fourth-order valence-corrected chi connectivity index (χ4v) is 9.36. The van der Waals surface area contributed by atoms with E-state index in [1.54, 1.807) is 30.3 Å². The van der Waals surface area contributed by atoms with E-state index in [4.69, 9.17) is 28.4 Å². The number of aryl methyl sites for hydroxylation is 1. The molecule has 2 amide bonds. The second-order valence-electron chi connectivity index (χ2n) is 17.4. The Morgan fingerprint density at radius 3 is 2.16 bits per heavy atom. The highest BCUT2D eigenvalue weighted by molar-refractivity contribution is 6.31. The molecule has 4 aromatic carbocycles. The number of nitrogens with zero attached hydrogens (tertiary/aromatic N) is 1. The molecule has 0 spiro atoms. The minimum absolute atomic E-state index is 0.00714. The zero-order chi connectivity index (χ0) is 50.8. The number of methoxy groups -OCH3 is 1. The summed E-state index contributed by atoms with van der Waals surface area (Å²) >= 11 is 0. The highest BCUT2D eigenvalue weighted by Gasteiger charge is 2.53. The molecule has 0 bridgehead atoms. The number of benzene rings is 4. The third-order valence-electron chi connectivity index (χ3n) is 13.0. The highest BCUT2D eigenvalue weighted by atomic mass is 16.7. The van der Waals surface area contributed by atoms with Crippen LogP contribution in [0.15, 0.2) is 54.6 Å². The number of likely N-dealkylation sites (N-methyl/N-ethyl adjacent to an activating group) is 1. The molecule has 2 fully saturated rings. The second kappa shape index (κ2) is 19.2. The van der Waals surface area contributed by atoms with Crippen molar-refractivity contribution in [3.63, 3.8) is 0 Å². The molecule has 2 saturated heterocycles. The molecule has 4 aliphatic rings. The number of carbonyl (C=O) groups excluding carboxylic acids is 4. The lowest BCUT2D eigenvalue weighted by Gasteiger charge is -2.49. The van der Waals surface area contributed by atoms with Gasteiger partial charge < -0.3 is 84.6 Å². The van der Waals surface area contributed by atoms with Crippen LogP contribution in [0.2, 0.25) is 0 Å². The van der Waals surface area contributed by atoms with Crippen LogP contribution in [-0.2, 0) is 35.1 Å². The lowest BCUT2D eigenvalue weighted by molar-refractivity contribution is -0.344. The molecule has 10 N–H and O–H groups in total. The molecule has 4 aromatic rings. The number of phenols is 3. The first kappa shape index (κ1) is 49.7. The summed E-state index contributed by atoms with van der Waals surface area (Å²) < 4.78 is 35.0. The van der Waals surface area contributed by atoms with Crippen molar-refractivity contribution in [2.75, 3.05) is 20.8 Å². The van der Waals surface area contributed by atoms with E-state index >= 15 is 0 Å². The maximum absolute atomic E-state index is 14.2. The van der Waals surface area contributed by atoms with Crippen molar-refractivity contribution in [3.8, 4) is 34.1 Å². The number of rotatable bonds is 11. The Morgan fingerprint density at radius 2 is 1.49 bits per heavy atom. The molecule has 372 valence electrons. The number of ketones is 2. The van der Waals surface area contributed by atoms with E-state index in [1.807, 2.05) is 0 Å². The number of aliphatic carboxylic acids is 1. The monoisotopic (exact) mass is 974 g/mol. The number of hydrogen-bond acceptors (Lipinski definition) is 19. The summed E-state index contributed by atoms with van der Waals surface area (Å²) in [5.41, 5.74) is -3.19. The van der Waals surface area contributed by atoms with Crippen LogP contribution in [0.3, 0.4) is 0 Å². The van der Waals surface area contributed by atoms with E-state index < -0.39 is 160 Å². The number of carboxylic acids is 1. The van der Waals surface area contributed by atoms with Crippen LogP contribution >= 0.6 is 0 Å². The van der Waals surface area contributed by atoms with E-state index in [9.17, 15) is 69.9 Å². The molecule has 8 rings (SSSR count). The fourth-order valence-electron chi connectivity index (χ4n) is 9.36. The molecular weight excluding hydrogens is 925 g/mol. The summed E-state index contributed by atoms with van der Waals surface area (Å²) in [7, 11) is 2.57. The predicted octanol–water partition coefficient (Wildman–Crippen LogP) is 1.44. The first-order chi connectivity index (χ1) is 33.2. The number of fused-ring (bicyclic) bond motifs is 5. The number of aromatic hydroxyl groups is 3. The predicted molar refractivity (Wildman–Crippen MR) is 236 cm³/mol. The van der Waals surface area contributed by atoms with Crippen molar-refractivity contribution < 1.29 is 98.4 Å². The molecule has 12 atom stereocenters. The van der Waals surface area contributed by atoms with Gasteiger partial charge in [-0.05, 0) is 55.2 Å². The van der Waals surface area contributed by atoms with Crippen LogP contribution in [0.25, 0.3) is 11.1 Å². The van der Waals surface area contributed by atoms with Gasteiger partial charge in [0.1, 0.15) is 78.4 Å². The molecule has 2 aliphatic heterocycles. The third-order valence-corrected chi connectivity index (χ3v) is 13.0. The minimum atomic E-state index is -2.01. The number of ether oxygens (including phenoxy) is 6. The van der Waals surface area contributed by atoms with E-state index in [0.29, 0.717) is 5.56 Å². The van der Waals surface area contributed by atoms with Crippen LogP contribution < -0.4 is 10.1 Å². The lowest BCUT2D eigenvalue weighted by atomic mass is 9.74. The van der Waals surface area contributed by atoms with E-state index in [0.717, 1.165) is 17.0 Å².